The van der Waals surface area contributed by atoms with Gasteiger partial charge in [-0.05, 0) is 51.2 Å². The number of piperidine rings is 1. The molecule has 1 aliphatic heterocycles. The molecule has 3 nitrogen and oxygen atoms in total. The Labute approximate surface area is 115 Å². The molecule has 0 aliphatic carbocycles. The van der Waals surface area contributed by atoms with Crippen molar-refractivity contribution in [3.8, 4) is 0 Å². The zero-order chi connectivity index (χ0) is 13.8. The largest absolute Gasteiger partial charge is 0.329 e. The molecule has 2 atom stereocenters. The van der Waals surface area contributed by atoms with Crippen molar-refractivity contribution in [2.24, 2.45) is 5.73 Å². The van der Waals surface area contributed by atoms with E-state index in [2.05, 4.69) is 23.9 Å². The first-order chi connectivity index (χ1) is 9.11. The smallest absolute Gasteiger partial charge is 0.123 e. The zero-order valence-electron chi connectivity index (χ0n) is 11.8. The topological polar surface area (TPSA) is 32.5 Å². The van der Waals surface area contributed by atoms with Gasteiger partial charge in [0.2, 0.25) is 0 Å². The van der Waals surface area contributed by atoms with Crippen molar-refractivity contribution in [1.29, 1.82) is 0 Å². The van der Waals surface area contributed by atoms with Crippen LogP contribution in [-0.2, 0) is 0 Å². The average molecular weight is 265 g/mol. The van der Waals surface area contributed by atoms with Crippen LogP contribution in [0.4, 0.5) is 4.39 Å². The molecule has 1 aromatic rings. The molecule has 2 unspecified atom stereocenters. The van der Waals surface area contributed by atoms with Gasteiger partial charge in [0, 0.05) is 25.2 Å². The molecule has 0 amide bonds. The summed E-state index contributed by atoms with van der Waals surface area (Å²) < 4.78 is 13.0. The predicted octanol–water partition coefficient (Wildman–Crippen LogP) is 1.85. The van der Waals surface area contributed by atoms with Crippen molar-refractivity contribution in [1.82, 2.24) is 9.80 Å². The SMILES string of the molecule is CN(C)C1CCCN(C(CN)c2ccc(F)cc2)C1. The molecule has 1 aliphatic rings. The number of hydrogen-bond donors (Lipinski definition) is 1. The minimum atomic E-state index is -0.190. The minimum absolute atomic E-state index is 0.190. The Morgan fingerprint density at radius 2 is 2.05 bits per heavy atom. The van der Waals surface area contributed by atoms with E-state index >= 15 is 0 Å². The van der Waals surface area contributed by atoms with Crippen molar-refractivity contribution in [2.75, 3.05) is 33.7 Å². The lowest BCUT2D eigenvalue weighted by Crippen LogP contribution is -2.47. The quantitative estimate of drug-likeness (QED) is 0.902. The molecule has 1 heterocycles. The standard InChI is InChI=1S/C15H24FN3/c1-18(2)14-4-3-9-19(11-14)15(10-17)12-5-7-13(16)8-6-12/h5-8,14-15H,3-4,9-11,17H2,1-2H3. The summed E-state index contributed by atoms with van der Waals surface area (Å²) in [5.41, 5.74) is 7.06. The van der Waals surface area contributed by atoms with Gasteiger partial charge in [-0.3, -0.25) is 4.90 Å². The molecule has 0 spiro atoms. The summed E-state index contributed by atoms with van der Waals surface area (Å²) in [6, 6.07) is 7.53. The molecule has 2 rings (SSSR count). The van der Waals surface area contributed by atoms with Gasteiger partial charge in [0.05, 0.1) is 0 Å². The van der Waals surface area contributed by atoms with E-state index in [1.54, 1.807) is 0 Å². The van der Waals surface area contributed by atoms with Crippen LogP contribution in [0.15, 0.2) is 24.3 Å². The summed E-state index contributed by atoms with van der Waals surface area (Å²) in [7, 11) is 4.26. The van der Waals surface area contributed by atoms with Crippen molar-refractivity contribution >= 4 is 0 Å². The van der Waals surface area contributed by atoms with Crippen LogP contribution < -0.4 is 5.73 Å². The van der Waals surface area contributed by atoms with Gasteiger partial charge in [0.25, 0.3) is 0 Å². The monoisotopic (exact) mass is 265 g/mol. The molecule has 1 saturated heterocycles. The Balaban J connectivity index is 2.10. The number of hydrogen-bond acceptors (Lipinski definition) is 3. The molecule has 2 N–H and O–H groups in total. The molecule has 0 radical (unpaired) electrons. The van der Waals surface area contributed by atoms with Gasteiger partial charge in [-0.1, -0.05) is 12.1 Å². The molecule has 19 heavy (non-hydrogen) atoms. The molecular formula is C15H24FN3. The second-order valence-electron chi connectivity index (χ2n) is 5.56. The normalized spacial score (nSPS) is 22.7. The highest BCUT2D eigenvalue weighted by Crippen LogP contribution is 2.25. The van der Waals surface area contributed by atoms with Gasteiger partial charge >= 0.3 is 0 Å². The summed E-state index contributed by atoms with van der Waals surface area (Å²) in [6.07, 6.45) is 2.44. The maximum Gasteiger partial charge on any atom is 0.123 e. The summed E-state index contributed by atoms with van der Waals surface area (Å²) in [5.74, 6) is -0.190. The molecular weight excluding hydrogens is 241 g/mol. The van der Waals surface area contributed by atoms with Crippen LogP contribution in [-0.4, -0.2) is 49.6 Å². The fraction of sp³-hybridized carbons (Fsp3) is 0.600. The van der Waals surface area contributed by atoms with E-state index in [1.807, 2.05) is 12.1 Å². The second-order valence-corrected chi connectivity index (χ2v) is 5.56. The van der Waals surface area contributed by atoms with E-state index in [0.29, 0.717) is 12.6 Å². The number of benzene rings is 1. The van der Waals surface area contributed by atoms with E-state index in [1.165, 1.54) is 25.0 Å². The number of likely N-dealkylation sites (N-methyl/N-ethyl adjacent to an activating group) is 1. The highest BCUT2D eigenvalue weighted by atomic mass is 19.1. The maximum absolute atomic E-state index is 13.0. The second kappa shape index (κ2) is 6.46. The Hall–Kier alpha value is -0.970. The van der Waals surface area contributed by atoms with E-state index in [0.717, 1.165) is 18.7 Å². The Morgan fingerprint density at radius 1 is 1.37 bits per heavy atom. The molecule has 106 valence electrons. The fourth-order valence-corrected chi connectivity index (χ4v) is 2.87. The highest BCUT2D eigenvalue weighted by molar-refractivity contribution is 5.20. The van der Waals surface area contributed by atoms with E-state index < -0.39 is 0 Å². The van der Waals surface area contributed by atoms with Crippen molar-refractivity contribution in [3.63, 3.8) is 0 Å². The van der Waals surface area contributed by atoms with Crippen LogP contribution in [0.1, 0.15) is 24.4 Å². The third-order valence-corrected chi connectivity index (χ3v) is 4.08. The zero-order valence-corrected chi connectivity index (χ0v) is 11.8. The molecule has 4 heteroatoms. The summed E-state index contributed by atoms with van der Waals surface area (Å²) in [6.45, 7) is 2.68. The van der Waals surface area contributed by atoms with Crippen molar-refractivity contribution in [3.05, 3.63) is 35.6 Å². The molecule has 0 saturated carbocycles. The van der Waals surface area contributed by atoms with Gasteiger partial charge in [-0.25, -0.2) is 4.39 Å². The predicted molar refractivity (Wildman–Crippen MR) is 76.5 cm³/mol. The van der Waals surface area contributed by atoms with Crippen LogP contribution in [0.3, 0.4) is 0 Å². The van der Waals surface area contributed by atoms with Crippen LogP contribution in [0.2, 0.25) is 0 Å². The lowest BCUT2D eigenvalue weighted by atomic mass is 9.99. The van der Waals surface area contributed by atoms with E-state index in [4.69, 9.17) is 5.73 Å². The fourth-order valence-electron chi connectivity index (χ4n) is 2.87. The van der Waals surface area contributed by atoms with E-state index in [-0.39, 0.29) is 11.9 Å². The van der Waals surface area contributed by atoms with Crippen LogP contribution in [0.5, 0.6) is 0 Å². The number of nitrogens with two attached hydrogens (primary N) is 1. The Kier molecular flexibility index (Phi) is 4.91. The summed E-state index contributed by atoms with van der Waals surface area (Å²) >= 11 is 0. The molecule has 0 aromatic heterocycles. The van der Waals surface area contributed by atoms with Crippen LogP contribution in [0.25, 0.3) is 0 Å². The van der Waals surface area contributed by atoms with E-state index in [9.17, 15) is 4.39 Å². The van der Waals surface area contributed by atoms with Gasteiger partial charge in [0.15, 0.2) is 0 Å². The number of likely N-dealkylation sites (tertiary alicyclic amines) is 1. The molecule has 0 bridgehead atoms. The van der Waals surface area contributed by atoms with Crippen LogP contribution in [0, 0.1) is 5.82 Å². The highest BCUT2D eigenvalue weighted by Gasteiger charge is 2.26. The van der Waals surface area contributed by atoms with Gasteiger partial charge in [0.1, 0.15) is 5.82 Å². The average Bonchev–Trinajstić information content (AvgIpc) is 2.42. The van der Waals surface area contributed by atoms with Crippen LogP contribution >= 0.6 is 0 Å². The first-order valence-corrected chi connectivity index (χ1v) is 6.98. The minimum Gasteiger partial charge on any atom is -0.329 e. The summed E-state index contributed by atoms with van der Waals surface area (Å²) in [4.78, 5) is 4.71. The van der Waals surface area contributed by atoms with Crippen molar-refractivity contribution < 1.29 is 4.39 Å². The van der Waals surface area contributed by atoms with Gasteiger partial charge in [-0.2, -0.15) is 0 Å². The first-order valence-electron chi connectivity index (χ1n) is 6.98. The van der Waals surface area contributed by atoms with Crippen molar-refractivity contribution in [2.45, 2.75) is 24.9 Å². The number of halogens is 1. The Bertz CT molecular complexity index is 391. The first kappa shape index (κ1) is 14.4. The number of nitrogens with zero attached hydrogens (tertiary/aromatic N) is 2. The summed E-state index contributed by atoms with van der Waals surface area (Å²) in [5, 5.41) is 0. The lowest BCUT2D eigenvalue weighted by molar-refractivity contribution is 0.0984. The third kappa shape index (κ3) is 3.53. The van der Waals surface area contributed by atoms with Gasteiger partial charge < -0.3 is 10.6 Å². The Morgan fingerprint density at radius 3 is 2.63 bits per heavy atom. The van der Waals surface area contributed by atoms with Gasteiger partial charge in [-0.15, -0.1) is 0 Å². The maximum atomic E-state index is 13.0. The molecule has 1 fully saturated rings. The molecule has 1 aromatic carbocycles. The lowest BCUT2D eigenvalue weighted by Gasteiger charge is -2.40. The number of rotatable bonds is 4. The third-order valence-electron chi connectivity index (χ3n) is 4.08.